The molecule has 0 saturated heterocycles. The topological polar surface area (TPSA) is 66.4 Å². The zero-order valence-electron chi connectivity index (χ0n) is 8.67. The third-order valence-corrected chi connectivity index (χ3v) is 2.73. The highest BCUT2D eigenvalue weighted by molar-refractivity contribution is 6.31. The van der Waals surface area contributed by atoms with Crippen molar-refractivity contribution in [3.63, 3.8) is 0 Å². The maximum Gasteiger partial charge on any atom is 0.394 e. The first-order chi connectivity index (χ1) is 6.41. The fraction of sp³-hybridized carbons (Fsp3) is 0.800. The Labute approximate surface area is 83.7 Å². The van der Waals surface area contributed by atoms with Crippen LogP contribution in [0.15, 0.2) is 0 Å². The van der Waals surface area contributed by atoms with Crippen LogP contribution < -0.4 is 5.32 Å². The zero-order chi connectivity index (χ0) is 10.8. The Morgan fingerprint density at radius 3 is 2.57 bits per heavy atom. The SMILES string of the molecule is CC1(C)CCCC(NC(=O)C(=O)O)C1. The highest BCUT2D eigenvalue weighted by Crippen LogP contribution is 2.34. The van der Waals surface area contributed by atoms with E-state index in [1.807, 2.05) is 0 Å². The van der Waals surface area contributed by atoms with Crippen molar-refractivity contribution in [2.75, 3.05) is 0 Å². The molecule has 4 heteroatoms. The largest absolute Gasteiger partial charge is 0.474 e. The number of hydrogen-bond donors (Lipinski definition) is 2. The summed E-state index contributed by atoms with van der Waals surface area (Å²) in [6.07, 6.45) is 3.96. The van der Waals surface area contributed by atoms with E-state index in [1.54, 1.807) is 0 Å². The molecule has 1 unspecified atom stereocenters. The van der Waals surface area contributed by atoms with Crippen LogP contribution >= 0.6 is 0 Å². The Bertz CT molecular complexity index is 248. The predicted molar refractivity (Wildman–Crippen MR) is 51.8 cm³/mol. The van der Waals surface area contributed by atoms with Gasteiger partial charge in [-0.3, -0.25) is 4.79 Å². The van der Waals surface area contributed by atoms with E-state index in [1.165, 1.54) is 0 Å². The number of amides is 1. The minimum absolute atomic E-state index is 0.0300. The van der Waals surface area contributed by atoms with Crippen LogP contribution in [0.25, 0.3) is 0 Å². The summed E-state index contributed by atoms with van der Waals surface area (Å²) >= 11 is 0. The normalized spacial score (nSPS) is 25.4. The average Bonchev–Trinajstić information content (AvgIpc) is 2.01. The molecule has 0 radical (unpaired) electrons. The van der Waals surface area contributed by atoms with Crippen molar-refractivity contribution in [2.24, 2.45) is 5.41 Å². The molecule has 0 bridgehead atoms. The number of aliphatic carboxylic acids is 1. The summed E-state index contributed by atoms with van der Waals surface area (Å²) in [6, 6.07) is 0.0300. The smallest absolute Gasteiger partial charge is 0.394 e. The number of carbonyl (C=O) groups is 2. The van der Waals surface area contributed by atoms with Crippen molar-refractivity contribution < 1.29 is 14.7 Å². The lowest BCUT2D eigenvalue weighted by Crippen LogP contribution is -2.43. The first-order valence-corrected chi connectivity index (χ1v) is 4.94. The molecule has 0 heterocycles. The van der Waals surface area contributed by atoms with E-state index in [4.69, 9.17) is 5.11 Å². The first kappa shape index (κ1) is 11.0. The van der Waals surface area contributed by atoms with Crippen LogP contribution in [0.4, 0.5) is 0 Å². The molecule has 1 fully saturated rings. The van der Waals surface area contributed by atoms with Crippen molar-refractivity contribution in [3.05, 3.63) is 0 Å². The number of carboxylic acids is 1. The van der Waals surface area contributed by atoms with Gasteiger partial charge in [0.1, 0.15) is 0 Å². The van der Waals surface area contributed by atoms with Gasteiger partial charge in [0.2, 0.25) is 0 Å². The summed E-state index contributed by atoms with van der Waals surface area (Å²) in [5, 5.41) is 11.0. The Balaban J connectivity index is 2.46. The fourth-order valence-electron chi connectivity index (χ4n) is 2.07. The number of rotatable bonds is 1. The molecule has 1 atom stereocenters. The maximum absolute atomic E-state index is 10.9. The van der Waals surface area contributed by atoms with Crippen LogP contribution in [0.1, 0.15) is 39.5 Å². The van der Waals surface area contributed by atoms with Gasteiger partial charge in [-0.05, 0) is 24.7 Å². The molecule has 1 aliphatic rings. The maximum atomic E-state index is 10.9. The van der Waals surface area contributed by atoms with Crippen LogP contribution in [0, 0.1) is 5.41 Å². The zero-order valence-corrected chi connectivity index (χ0v) is 8.67. The van der Waals surface area contributed by atoms with E-state index in [9.17, 15) is 9.59 Å². The van der Waals surface area contributed by atoms with Crippen LogP contribution in [0.3, 0.4) is 0 Å². The number of nitrogens with one attached hydrogen (secondary N) is 1. The van der Waals surface area contributed by atoms with Gasteiger partial charge < -0.3 is 10.4 Å². The second kappa shape index (κ2) is 3.98. The third-order valence-electron chi connectivity index (χ3n) is 2.73. The molecular weight excluding hydrogens is 182 g/mol. The summed E-state index contributed by atoms with van der Waals surface area (Å²) in [7, 11) is 0. The van der Waals surface area contributed by atoms with Crippen molar-refractivity contribution in [1.82, 2.24) is 5.32 Å². The molecule has 0 aliphatic heterocycles. The average molecular weight is 199 g/mol. The van der Waals surface area contributed by atoms with Gasteiger partial charge in [0.15, 0.2) is 0 Å². The molecule has 0 spiro atoms. The van der Waals surface area contributed by atoms with E-state index in [0.29, 0.717) is 0 Å². The Morgan fingerprint density at radius 1 is 1.43 bits per heavy atom. The number of carbonyl (C=O) groups excluding carboxylic acids is 1. The lowest BCUT2D eigenvalue weighted by atomic mass is 9.75. The van der Waals surface area contributed by atoms with E-state index in [0.717, 1.165) is 25.7 Å². The van der Waals surface area contributed by atoms with Gasteiger partial charge in [-0.1, -0.05) is 20.3 Å². The van der Waals surface area contributed by atoms with Gasteiger partial charge in [0.25, 0.3) is 0 Å². The fourth-order valence-corrected chi connectivity index (χ4v) is 2.07. The third kappa shape index (κ3) is 3.01. The standard InChI is InChI=1S/C10H17NO3/c1-10(2)5-3-4-7(6-10)11-8(12)9(13)14/h7H,3-6H2,1-2H3,(H,11,12)(H,13,14). The molecule has 1 amide bonds. The minimum Gasteiger partial charge on any atom is -0.474 e. The summed E-state index contributed by atoms with van der Waals surface area (Å²) < 4.78 is 0. The minimum atomic E-state index is -1.40. The molecule has 1 saturated carbocycles. The Morgan fingerprint density at radius 2 is 2.07 bits per heavy atom. The second-order valence-electron chi connectivity index (χ2n) is 4.74. The van der Waals surface area contributed by atoms with E-state index in [-0.39, 0.29) is 11.5 Å². The van der Waals surface area contributed by atoms with Gasteiger partial charge >= 0.3 is 11.9 Å². The summed E-state index contributed by atoms with van der Waals surface area (Å²) in [6.45, 7) is 4.29. The van der Waals surface area contributed by atoms with E-state index in [2.05, 4.69) is 19.2 Å². The Hall–Kier alpha value is -1.06. The molecule has 2 N–H and O–H groups in total. The van der Waals surface area contributed by atoms with Crippen molar-refractivity contribution in [2.45, 2.75) is 45.6 Å². The van der Waals surface area contributed by atoms with Crippen LogP contribution in [0.5, 0.6) is 0 Å². The predicted octanol–water partition coefficient (Wildman–Crippen LogP) is 1.16. The van der Waals surface area contributed by atoms with Gasteiger partial charge in [-0.2, -0.15) is 0 Å². The monoisotopic (exact) mass is 199 g/mol. The van der Waals surface area contributed by atoms with Gasteiger partial charge in [0, 0.05) is 6.04 Å². The molecule has 80 valence electrons. The van der Waals surface area contributed by atoms with Gasteiger partial charge in [-0.25, -0.2) is 4.79 Å². The second-order valence-corrected chi connectivity index (χ2v) is 4.74. The molecular formula is C10H17NO3. The molecule has 1 aliphatic carbocycles. The van der Waals surface area contributed by atoms with Gasteiger partial charge in [0.05, 0.1) is 0 Å². The number of hydrogen-bond acceptors (Lipinski definition) is 2. The Kier molecular flexibility index (Phi) is 3.13. The first-order valence-electron chi connectivity index (χ1n) is 4.94. The molecule has 1 rings (SSSR count). The summed E-state index contributed by atoms with van der Waals surface area (Å²) in [5.41, 5.74) is 0.217. The highest BCUT2D eigenvalue weighted by atomic mass is 16.4. The molecule has 0 aromatic heterocycles. The van der Waals surface area contributed by atoms with Gasteiger partial charge in [-0.15, -0.1) is 0 Å². The van der Waals surface area contributed by atoms with Crippen molar-refractivity contribution in [1.29, 1.82) is 0 Å². The van der Waals surface area contributed by atoms with Crippen molar-refractivity contribution in [3.8, 4) is 0 Å². The quantitative estimate of drug-likeness (QED) is 0.623. The molecule has 0 aromatic carbocycles. The highest BCUT2D eigenvalue weighted by Gasteiger charge is 2.29. The summed E-state index contributed by atoms with van der Waals surface area (Å²) in [4.78, 5) is 21.2. The van der Waals surface area contributed by atoms with Crippen molar-refractivity contribution >= 4 is 11.9 Å². The summed E-state index contributed by atoms with van der Waals surface area (Å²) in [5.74, 6) is -2.28. The van der Waals surface area contributed by atoms with Crippen LogP contribution in [-0.4, -0.2) is 23.0 Å². The van der Waals surface area contributed by atoms with Crippen LogP contribution in [0.2, 0.25) is 0 Å². The molecule has 0 aromatic rings. The number of carboxylic acid groups (broad SMARTS) is 1. The van der Waals surface area contributed by atoms with E-state index >= 15 is 0 Å². The lowest BCUT2D eigenvalue weighted by molar-refractivity contribution is -0.150. The van der Waals surface area contributed by atoms with E-state index < -0.39 is 11.9 Å². The lowest BCUT2D eigenvalue weighted by Gasteiger charge is -2.35. The molecule has 4 nitrogen and oxygen atoms in total. The molecule has 14 heavy (non-hydrogen) atoms. The van der Waals surface area contributed by atoms with Crippen LogP contribution in [-0.2, 0) is 9.59 Å².